The van der Waals surface area contributed by atoms with E-state index in [4.69, 9.17) is 4.42 Å². The standard InChI is InChI=1S/C52H35N3OS/c1-3-13-32(14-4-1)44-31-45(54-52(53-44)33-15-5-2-6-16-33)35-23-25-38-37-17-7-10-20-46(37)55(47(38)28-35)36-29-41(51-43(30-36)39-18-8-11-21-48(39)56-51)34-24-26-50-42(27-34)40-19-9-12-22-49(40)57-50/h1-31,45,52-54H. The first kappa shape index (κ1) is 32.3. The summed E-state index contributed by atoms with van der Waals surface area (Å²) >= 11 is 1.85. The minimum absolute atomic E-state index is 0.0365. The van der Waals surface area contributed by atoms with E-state index in [0.29, 0.717) is 0 Å². The maximum atomic E-state index is 6.73. The van der Waals surface area contributed by atoms with Crippen molar-refractivity contribution in [1.29, 1.82) is 0 Å². The Morgan fingerprint density at radius 1 is 0.491 bits per heavy atom. The minimum Gasteiger partial charge on any atom is -0.455 e. The smallest absolute Gasteiger partial charge is 0.143 e. The zero-order valence-corrected chi connectivity index (χ0v) is 31.6. The Kier molecular flexibility index (Phi) is 7.27. The number of para-hydroxylation sites is 2. The largest absolute Gasteiger partial charge is 0.455 e. The summed E-state index contributed by atoms with van der Waals surface area (Å²) in [4.78, 5) is 0. The van der Waals surface area contributed by atoms with Crippen LogP contribution in [-0.2, 0) is 0 Å². The Morgan fingerprint density at radius 2 is 1.21 bits per heavy atom. The Balaban J connectivity index is 1.09. The number of nitrogens with one attached hydrogen (secondary N) is 2. The van der Waals surface area contributed by atoms with Gasteiger partial charge in [0.1, 0.15) is 17.3 Å². The van der Waals surface area contributed by atoms with E-state index in [-0.39, 0.29) is 12.2 Å². The van der Waals surface area contributed by atoms with Crippen molar-refractivity contribution in [3.05, 3.63) is 205 Å². The highest BCUT2D eigenvalue weighted by atomic mass is 32.1. The van der Waals surface area contributed by atoms with Crippen molar-refractivity contribution in [3.8, 4) is 16.8 Å². The van der Waals surface area contributed by atoms with E-state index >= 15 is 0 Å². The molecule has 8 aromatic carbocycles. The van der Waals surface area contributed by atoms with Gasteiger partial charge in [-0.05, 0) is 76.9 Å². The summed E-state index contributed by atoms with van der Waals surface area (Å²) in [6, 6.07) is 65.7. The fraction of sp³-hybridized carbons (Fsp3) is 0.0385. The van der Waals surface area contributed by atoms with Crippen molar-refractivity contribution in [1.82, 2.24) is 15.2 Å². The van der Waals surface area contributed by atoms with Gasteiger partial charge in [0.05, 0.1) is 17.1 Å². The van der Waals surface area contributed by atoms with Crippen LogP contribution in [-0.4, -0.2) is 4.57 Å². The molecule has 2 unspecified atom stereocenters. The summed E-state index contributed by atoms with van der Waals surface area (Å²) in [7, 11) is 0. The van der Waals surface area contributed by atoms with E-state index < -0.39 is 0 Å². The summed E-state index contributed by atoms with van der Waals surface area (Å²) in [5.41, 5.74) is 12.1. The lowest BCUT2D eigenvalue weighted by molar-refractivity contribution is 0.443. The topological polar surface area (TPSA) is 42.1 Å². The normalized spacial score (nSPS) is 15.9. The van der Waals surface area contributed by atoms with Gasteiger partial charge in [-0.15, -0.1) is 11.3 Å². The predicted molar refractivity (Wildman–Crippen MR) is 239 cm³/mol. The number of fused-ring (bicyclic) bond motifs is 9. The van der Waals surface area contributed by atoms with Crippen LogP contribution >= 0.6 is 11.3 Å². The molecule has 2 atom stereocenters. The zero-order chi connectivity index (χ0) is 37.5. The third-order valence-electron chi connectivity index (χ3n) is 11.7. The molecule has 0 spiro atoms. The molecule has 0 radical (unpaired) electrons. The molecule has 11 aromatic rings. The van der Waals surface area contributed by atoms with Gasteiger partial charge in [0.2, 0.25) is 0 Å². The number of aromatic nitrogens is 1. The van der Waals surface area contributed by atoms with Crippen LogP contribution in [0, 0.1) is 0 Å². The van der Waals surface area contributed by atoms with Crippen LogP contribution < -0.4 is 10.6 Å². The lowest BCUT2D eigenvalue weighted by Gasteiger charge is -2.33. The quantitative estimate of drug-likeness (QED) is 0.184. The van der Waals surface area contributed by atoms with Crippen molar-refractivity contribution < 1.29 is 4.42 Å². The van der Waals surface area contributed by atoms with Crippen molar-refractivity contribution in [2.24, 2.45) is 0 Å². The molecule has 57 heavy (non-hydrogen) atoms. The first-order chi connectivity index (χ1) is 28.2. The molecule has 2 N–H and O–H groups in total. The minimum atomic E-state index is -0.0602. The molecule has 0 bridgehead atoms. The van der Waals surface area contributed by atoms with Crippen LogP contribution in [0.4, 0.5) is 0 Å². The van der Waals surface area contributed by atoms with E-state index in [0.717, 1.165) is 50.0 Å². The first-order valence-corrected chi connectivity index (χ1v) is 20.3. The highest BCUT2D eigenvalue weighted by molar-refractivity contribution is 7.25. The second-order valence-corrected chi connectivity index (χ2v) is 16.1. The fourth-order valence-corrected chi connectivity index (χ4v) is 10.0. The maximum absolute atomic E-state index is 6.73. The molecule has 1 aliphatic heterocycles. The van der Waals surface area contributed by atoms with Gasteiger partial charge in [0.15, 0.2) is 0 Å². The van der Waals surface area contributed by atoms with E-state index in [1.54, 1.807) is 0 Å². The number of nitrogens with zero attached hydrogens (tertiary/aromatic N) is 1. The molecular formula is C52H35N3OS. The first-order valence-electron chi connectivity index (χ1n) is 19.5. The number of thiophene rings is 1. The van der Waals surface area contributed by atoms with Crippen LogP contribution in [0.3, 0.4) is 0 Å². The van der Waals surface area contributed by atoms with Gasteiger partial charge in [-0.1, -0.05) is 133 Å². The second-order valence-electron chi connectivity index (χ2n) is 15.0. The summed E-state index contributed by atoms with van der Waals surface area (Å²) in [6.45, 7) is 0. The summed E-state index contributed by atoms with van der Waals surface area (Å²) in [6.07, 6.45) is 2.27. The predicted octanol–water partition coefficient (Wildman–Crippen LogP) is 13.7. The number of benzene rings is 8. The van der Waals surface area contributed by atoms with Gasteiger partial charge < -0.3 is 14.3 Å². The van der Waals surface area contributed by atoms with Gasteiger partial charge >= 0.3 is 0 Å². The van der Waals surface area contributed by atoms with Crippen molar-refractivity contribution in [2.75, 3.05) is 0 Å². The van der Waals surface area contributed by atoms with Crippen molar-refractivity contribution in [3.63, 3.8) is 0 Å². The number of hydrogen-bond acceptors (Lipinski definition) is 4. The molecular weight excluding hydrogens is 715 g/mol. The van der Waals surface area contributed by atoms with E-state index in [1.807, 2.05) is 11.3 Å². The van der Waals surface area contributed by atoms with Crippen LogP contribution in [0.25, 0.3) is 86.4 Å². The van der Waals surface area contributed by atoms with Gasteiger partial charge in [-0.3, -0.25) is 5.32 Å². The van der Waals surface area contributed by atoms with Gasteiger partial charge in [0.25, 0.3) is 0 Å². The van der Waals surface area contributed by atoms with Crippen molar-refractivity contribution in [2.45, 2.75) is 12.2 Å². The maximum Gasteiger partial charge on any atom is 0.143 e. The Bertz CT molecular complexity index is 3370. The molecule has 0 saturated heterocycles. The number of hydrogen-bond donors (Lipinski definition) is 2. The zero-order valence-electron chi connectivity index (χ0n) is 30.8. The van der Waals surface area contributed by atoms with E-state index in [9.17, 15) is 0 Å². The van der Waals surface area contributed by atoms with Crippen LogP contribution in [0.2, 0.25) is 0 Å². The highest BCUT2D eigenvalue weighted by Crippen LogP contribution is 2.43. The fourth-order valence-electron chi connectivity index (χ4n) is 8.96. The summed E-state index contributed by atoms with van der Waals surface area (Å²) < 4.78 is 11.8. The van der Waals surface area contributed by atoms with E-state index in [1.165, 1.54) is 53.2 Å². The average molecular weight is 750 g/mol. The number of furan rings is 1. The highest BCUT2D eigenvalue weighted by Gasteiger charge is 2.26. The van der Waals surface area contributed by atoms with Gasteiger partial charge in [-0.2, -0.15) is 0 Å². The van der Waals surface area contributed by atoms with E-state index in [2.05, 4.69) is 203 Å². The average Bonchev–Trinajstić information content (AvgIpc) is 3.95. The van der Waals surface area contributed by atoms with Crippen LogP contribution in [0.5, 0.6) is 0 Å². The molecule has 3 aromatic heterocycles. The Labute approximate surface area is 332 Å². The number of rotatable bonds is 5. The Morgan fingerprint density at radius 3 is 2.09 bits per heavy atom. The molecule has 0 fully saturated rings. The lowest BCUT2D eigenvalue weighted by Crippen LogP contribution is -2.39. The summed E-state index contributed by atoms with van der Waals surface area (Å²) in [5, 5.41) is 15.0. The van der Waals surface area contributed by atoms with Crippen LogP contribution in [0.1, 0.15) is 28.9 Å². The third-order valence-corrected chi connectivity index (χ3v) is 12.8. The second kappa shape index (κ2) is 12.8. The van der Waals surface area contributed by atoms with Gasteiger partial charge in [-0.25, -0.2) is 0 Å². The molecule has 0 aliphatic carbocycles. The molecule has 4 heterocycles. The Hall–Kier alpha value is -6.92. The molecule has 0 saturated carbocycles. The van der Waals surface area contributed by atoms with Gasteiger partial charge in [0, 0.05) is 58.7 Å². The monoisotopic (exact) mass is 749 g/mol. The molecule has 5 heteroatoms. The SMILES string of the molecule is C1=C(c2ccccc2)NC(c2ccccc2)NC1c1ccc2c3ccccc3n(-c3cc(-c4ccc5sc6ccccc6c5c4)c4oc5ccccc5c4c3)c2c1. The van der Waals surface area contributed by atoms with Crippen LogP contribution in [0.15, 0.2) is 192 Å². The van der Waals surface area contributed by atoms with Crippen molar-refractivity contribution >= 4 is 81.0 Å². The third kappa shape index (κ3) is 5.24. The lowest BCUT2D eigenvalue weighted by atomic mass is 9.97. The molecule has 4 nitrogen and oxygen atoms in total. The molecule has 1 aliphatic rings. The summed E-state index contributed by atoms with van der Waals surface area (Å²) in [5.74, 6) is 0. The molecule has 270 valence electrons. The molecule has 12 rings (SSSR count). The molecule has 0 amide bonds.